The number of aryl methyl sites for hydroxylation is 1. The number of hydrogen-bond donors (Lipinski definition) is 1. The standard InChI is InChI=1S/C10H19N3O/c1-3-5-6-7-13-10(4-2)9(8-14)11-12-13/h14H,3-8H2,1-2H3. The summed E-state index contributed by atoms with van der Waals surface area (Å²) in [4.78, 5) is 0. The highest BCUT2D eigenvalue weighted by Crippen LogP contribution is 2.08. The van der Waals surface area contributed by atoms with Crippen molar-refractivity contribution >= 4 is 0 Å². The molecule has 0 spiro atoms. The molecule has 1 aromatic heterocycles. The molecule has 0 amide bonds. The van der Waals surface area contributed by atoms with Crippen molar-refractivity contribution in [1.29, 1.82) is 0 Å². The molecule has 0 radical (unpaired) electrons. The fourth-order valence-corrected chi connectivity index (χ4v) is 1.57. The number of rotatable bonds is 6. The van der Waals surface area contributed by atoms with E-state index in [0.717, 1.165) is 30.8 Å². The number of aliphatic hydroxyl groups excluding tert-OH is 1. The Morgan fingerprint density at radius 1 is 1.29 bits per heavy atom. The van der Waals surface area contributed by atoms with Crippen molar-refractivity contribution < 1.29 is 5.11 Å². The Hall–Kier alpha value is -0.900. The second-order valence-electron chi connectivity index (χ2n) is 3.42. The van der Waals surface area contributed by atoms with E-state index in [4.69, 9.17) is 5.11 Å². The predicted octanol–water partition coefficient (Wildman–Crippen LogP) is 1.52. The Kier molecular flexibility index (Phi) is 4.59. The minimum atomic E-state index is -0.00302. The molecule has 0 bridgehead atoms. The molecule has 4 heteroatoms. The van der Waals surface area contributed by atoms with Crippen LogP contribution in [0.1, 0.15) is 44.5 Å². The summed E-state index contributed by atoms with van der Waals surface area (Å²) in [6.45, 7) is 5.16. The third kappa shape index (κ3) is 2.54. The fraction of sp³-hybridized carbons (Fsp3) is 0.800. The Balaban J connectivity index is 2.61. The van der Waals surface area contributed by atoms with Crippen LogP contribution in [0.2, 0.25) is 0 Å². The van der Waals surface area contributed by atoms with Crippen molar-refractivity contribution in [2.45, 2.75) is 52.7 Å². The monoisotopic (exact) mass is 197 g/mol. The van der Waals surface area contributed by atoms with E-state index in [1.807, 2.05) is 4.68 Å². The summed E-state index contributed by atoms with van der Waals surface area (Å²) in [7, 11) is 0. The van der Waals surface area contributed by atoms with Crippen LogP contribution in [0.15, 0.2) is 0 Å². The van der Waals surface area contributed by atoms with E-state index < -0.39 is 0 Å². The van der Waals surface area contributed by atoms with Crippen molar-refractivity contribution in [3.8, 4) is 0 Å². The molecule has 0 aliphatic heterocycles. The topological polar surface area (TPSA) is 50.9 Å². The maximum atomic E-state index is 9.02. The van der Waals surface area contributed by atoms with Crippen molar-refractivity contribution in [3.63, 3.8) is 0 Å². The molecule has 1 rings (SSSR count). The molecule has 1 aromatic rings. The van der Waals surface area contributed by atoms with Crippen LogP contribution in [0.25, 0.3) is 0 Å². The number of hydrogen-bond acceptors (Lipinski definition) is 3. The molecule has 1 heterocycles. The third-order valence-electron chi connectivity index (χ3n) is 2.38. The molecule has 1 N–H and O–H groups in total. The molecule has 0 atom stereocenters. The average Bonchev–Trinajstić information content (AvgIpc) is 2.60. The minimum Gasteiger partial charge on any atom is -0.390 e. The normalized spacial score (nSPS) is 10.8. The molecule has 14 heavy (non-hydrogen) atoms. The average molecular weight is 197 g/mol. The summed E-state index contributed by atoms with van der Waals surface area (Å²) >= 11 is 0. The van der Waals surface area contributed by atoms with E-state index >= 15 is 0 Å². The molecule has 80 valence electrons. The summed E-state index contributed by atoms with van der Waals surface area (Å²) in [6.07, 6.45) is 4.45. The van der Waals surface area contributed by atoms with Gasteiger partial charge in [-0.1, -0.05) is 31.9 Å². The van der Waals surface area contributed by atoms with Crippen LogP contribution in [0.5, 0.6) is 0 Å². The highest BCUT2D eigenvalue weighted by molar-refractivity contribution is 5.08. The van der Waals surface area contributed by atoms with Crippen molar-refractivity contribution in [3.05, 3.63) is 11.4 Å². The molecule has 0 aromatic carbocycles. The van der Waals surface area contributed by atoms with Crippen molar-refractivity contribution in [1.82, 2.24) is 15.0 Å². The zero-order valence-corrected chi connectivity index (χ0v) is 9.03. The number of nitrogens with zero attached hydrogens (tertiary/aromatic N) is 3. The Bertz CT molecular complexity index is 270. The van der Waals surface area contributed by atoms with Gasteiger partial charge >= 0.3 is 0 Å². The van der Waals surface area contributed by atoms with Gasteiger partial charge in [0.15, 0.2) is 0 Å². The molecule has 4 nitrogen and oxygen atoms in total. The zero-order valence-electron chi connectivity index (χ0n) is 9.03. The summed E-state index contributed by atoms with van der Waals surface area (Å²) in [5.41, 5.74) is 1.80. The van der Waals surface area contributed by atoms with E-state index in [1.165, 1.54) is 12.8 Å². The second-order valence-corrected chi connectivity index (χ2v) is 3.42. The lowest BCUT2D eigenvalue weighted by Crippen LogP contribution is -2.05. The van der Waals surface area contributed by atoms with E-state index in [9.17, 15) is 0 Å². The van der Waals surface area contributed by atoms with E-state index in [0.29, 0.717) is 0 Å². The molecule has 0 unspecified atom stereocenters. The second kappa shape index (κ2) is 5.75. The maximum Gasteiger partial charge on any atom is 0.111 e. The Morgan fingerprint density at radius 3 is 2.64 bits per heavy atom. The van der Waals surface area contributed by atoms with Gasteiger partial charge in [-0.25, -0.2) is 4.68 Å². The van der Waals surface area contributed by atoms with Crippen LogP contribution in [0, 0.1) is 0 Å². The predicted molar refractivity (Wildman–Crippen MR) is 54.8 cm³/mol. The number of unbranched alkanes of at least 4 members (excludes halogenated alkanes) is 2. The van der Waals surface area contributed by atoms with Gasteiger partial charge in [0, 0.05) is 6.54 Å². The van der Waals surface area contributed by atoms with Crippen LogP contribution in [0.3, 0.4) is 0 Å². The van der Waals surface area contributed by atoms with Gasteiger partial charge in [-0.2, -0.15) is 0 Å². The lowest BCUT2D eigenvalue weighted by atomic mass is 10.2. The molecule has 0 saturated heterocycles. The zero-order chi connectivity index (χ0) is 10.4. The lowest BCUT2D eigenvalue weighted by Gasteiger charge is -2.04. The summed E-state index contributed by atoms with van der Waals surface area (Å²) in [5.74, 6) is 0. The largest absolute Gasteiger partial charge is 0.390 e. The lowest BCUT2D eigenvalue weighted by molar-refractivity contribution is 0.275. The Labute approximate surface area is 84.9 Å². The summed E-state index contributed by atoms with van der Waals surface area (Å²) in [6, 6.07) is 0. The Morgan fingerprint density at radius 2 is 2.07 bits per heavy atom. The van der Waals surface area contributed by atoms with Crippen molar-refractivity contribution in [2.75, 3.05) is 0 Å². The van der Waals surface area contributed by atoms with Gasteiger partial charge in [0.05, 0.1) is 12.3 Å². The molecule has 0 saturated carbocycles. The molecule has 0 aliphatic rings. The third-order valence-corrected chi connectivity index (χ3v) is 2.38. The van der Waals surface area contributed by atoms with Crippen LogP contribution >= 0.6 is 0 Å². The maximum absolute atomic E-state index is 9.02. The van der Waals surface area contributed by atoms with Crippen LogP contribution in [-0.2, 0) is 19.6 Å². The van der Waals surface area contributed by atoms with Crippen molar-refractivity contribution in [2.24, 2.45) is 0 Å². The quantitative estimate of drug-likeness (QED) is 0.703. The first kappa shape index (κ1) is 11.2. The van der Waals surface area contributed by atoms with Gasteiger partial charge in [0.1, 0.15) is 5.69 Å². The van der Waals surface area contributed by atoms with Crippen LogP contribution in [-0.4, -0.2) is 20.1 Å². The first-order valence-corrected chi connectivity index (χ1v) is 5.35. The van der Waals surface area contributed by atoms with Gasteiger partial charge in [-0.15, -0.1) is 5.10 Å². The first-order chi connectivity index (χ1) is 6.83. The smallest absolute Gasteiger partial charge is 0.111 e. The highest BCUT2D eigenvalue weighted by atomic mass is 16.3. The van der Waals surface area contributed by atoms with Gasteiger partial charge in [0.25, 0.3) is 0 Å². The molecular weight excluding hydrogens is 178 g/mol. The van der Waals surface area contributed by atoms with Gasteiger partial charge in [-0.3, -0.25) is 0 Å². The van der Waals surface area contributed by atoms with Gasteiger partial charge < -0.3 is 5.11 Å². The van der Waals surface area contributed by atoms with Gasteiger partial charge in [0.2, 0.25) is 0 Å². The number of aromatic nitrogens is 3. The first-order valence-electron chi connectivity index (χ1n) is 5.35. The summed E-state index contributed by atoms with van der Waals surface area (Å²) < 4.78 is 1.92. The van der Waals surface area contributed by atoms with Crippen LogP contribution in [0.4, 0.5) is 0 Å². The highest BCUT2D eigenvalue weighted by Gasteiger charge is 2.08. The van der Waals surface area contributed by atoms with E-state index in [-0.39, 0.29) is 6.61 Å². The SMILES string of the molecule is CCCCCn1nnc(CO)c1CC. The molecule has 0 aliphatic carbocycles. The van der Waals surface area contributed by atoms with E-state index in [2.05, 4.69) is 24.2 Å². The minimum absolute atomic E-state index is 0.00302. The van der Waals surface area contributed by atoms with Crippen LogP contribution < -0.4 is 0 Å². The summed E-state index contributed by atoms with van der Waals surface area (Å²) in [5, 5.41) is 17.0. The molecular formula is C10H19N3O. The van der Waals surface area contributed by atoms with Gasteiger partial charge in [-0.05, 0) is 12.8 Å². The number of aliphatic hydroxyl groups is 1. The van der Waals surface area contributed by atoms with E-state index in [1.54, 1.807) is 0 Å². The molecule has 0 fully saturated rings. The fourth-order valence-electron chi connectivity index (χ4n) is 1.57.